The van der Waals surface area contributed by atoms with Gasteiger partial charge in [-0.2, -0.15) is 11.8 Å². The molecule has 0 aliphatic rings. The maximum atomic E-state index is 9.29. The summed E-state index contributed by atoms with van der Waals surface area (Å²) in [5.74, 6) is 0. The van der Waals surface area contributed by atoms with Crippen molar-refractivity contribution in [3.8, 4) is 0 Å². The van der Waals surface area contributed by atoms with Crippen molar-refractivity contribution in [1.82, 2.24) is 0 Å². The number of hydrogen-bond donors (Lipinski definition) is 0. The summed E-state index contributed by atoms with van der Waals surface area (Å²) in [4.78, 5) is 18.6. The first kappa shape index (κ1) is 16.7. The van der Waals surface area contributed by atoms with E-state index in [1.807, 2.05) is 0 Å². The van der Waals surface area contributed by atoms with E-state index in [4.69, 9.17) is 0 Å². The van der Waals surface area contributed by atoms with Crippen molar-refractivity contribution < 1.29 is 30.9 Å². The number of hydrogen-bond acceptors (Lipinski definition) is 4. The van der Waals surface area contributed by atoms with E-state index in [1.165, 1.54) is 6.08 Å². The minimum absolute atomic E-state index is 0. The van der Waals surface area contributed by atoms with Crippen LogP contribution in [-0.2, 0) is 45.1 Å². The van der Waals surface area contributed by atoms with Gasteiger partial charge >= 0.3 is 21.1 Å². The molecule has 0 aromatic rings. The van der Waals surface area contributed by atoms with Gasteiger partial charge in [0.2, 0.25) is 0 Å². The maximum absolute atomic E-state index is 9.29. The van der Waals surface area contributed by atoms with Crippen molar-refractivity contribution >= 4 is 29.7 Å². The van der Waals surface area contributed by atoms with Gasteiger partial charge in [0, 0.05) is 0 Å². The minimum atomic E-state index is -3.72. The van der Waals surface area contributed by atoms with Crippen LogP contribution in [0.4, 0.5) is 0 Å². The van der Waals surface area contributed by atoms with E-state index in [1.54, 1.807) is 0 Å². The van der Waals surface area contributed by atoms with Crippen LogP contribution in [-0.4, -0.2) is 0 Å². The van der Waals surface area contributed by atoms with Crippen LogP contribution in [0.3, 0.4) is 0 Å². The van der Waals surface area contributed by atoms with Crippen molar-refractivity contribution in [3.05, 3.63) is 19.6 Å². The van der Waals surface area contributed by atoms with E-state index < -0.39 is 5.69 Å². The molecule has 0 atom stereocenters. The molecule has 0 radical (unpaired) electrons. The summed E-state index contributed by atoms with van der Waals surface area (Å²) in [6.45, 7) is 6.50. The predicted octanol–water partition coefficient (Wildman–Crippen LogP) is -0.518. The van der Waals surface area contributed by atoms with Crippen molar-refractivity contribution in [2.45, 2.75) is 0 Å². The third-order valence-corrected chi connectivity index (χ3v) is 0. The first-order valence-corrected chi connectivity index (χ1v) is 5.20. The molecule has 0 rings (SSSR count). The molecule has 0 amide bonds. The molecule has 0 aromatic carbocycles. The Labute approximate surface area is 80.0 Å². The quantitative estimate of drug-likeness (QED) is 0.256. The smallest absolute Gasteiger partial charge is 0.850 e. The second-order valence-corrected chi connectivity index (χ2v) is 5.21. The van der Waals surface area contributed by atoms with Crippen LogP contribution in [0, 0.1) is 6.92 Å². The van der Waals surface area contributed by atoms with Gasteiger partial charge in [-0.3, -0.25) is 0 Å². The van der Waals surface area contributed by atoms with Crippen LogP contribution >= 0.6 is 5.69 Å². The minimum Gasteiger partial charge on any atom is -0.850 e. The van der Waals surface area contributed by atoms with Gasteiger partial charge in [-0.1, -0.05) is 0 Å². The molecule has 0 heterocycles. The first-order chi connectivity index (χ1) is 3.41. The Hall–Kier alpha value is 1.22. The monoisotopic (exact) mass is 266 g/mol. The first-order valence-electron chi connectivity index (χ1n) is 1.55. The van der Waals surface area contributed by atoms with Crippen LogP contribution in [0.5, 0.6) is 0 Å². The normalized spacial score (nSPS) is 7.89. The van der Waals surface area contributed by atoms with Gasteiger partial charge in [0.25, 0.3) is 0 Å². The van der Waals surface area contributed by atoms with E-state index in [0.717, 1.165) is 0 Å². The summed E-state index contributed by atoms with van der Waals surface area (Å²) in [6.07, 6.45) is 1.50. The number of rotatable bonds is 0. The van der Waals surface area contributed by atoms with Crippen molar-refractivity contribution in [3.63, 3.8) is 0 Å². The molecule has 52 valence electrons. The fourth-order valence-corrected chi connectivity index (χ4v) is 0. The van der Waals surface area contributed by atoms with E-state index in [2.05, 4.69) is 37.6 Å². The molecule has 0 N–H and O–H groups in total. The third-order valence-electron chi connectivity index (χ3n) is 0. The summed E-state index contributed by atoms with van der Waals surface area (Å²) in [5.41, 5.74) is -3.72. The fraction of sp³-hybridized carbons (Fsp3) is 0. The Morgan fingerprint density at radius 2 is 1.67 bits per heavy atom. The molecule has 0 saturated carbocycles. The molecule has 6 heteroatoms. The zero-order chi connectivity index (χ0) is 7.21. The Morgan fingerprint density at radius 3 is 1.67 bits per heavy atom. The van der Waals surface area contributed by atoms with Gasteiger partial charge in [-0.25, -0.2) is 19.6 Å². The molecular weight excluding hydrogens is 259 g/mol. The summed E-state index contributed by atoms with van der Waals surface area (Å²) >= 11 is 7.28. The molecule has 2 nitrogen and oxygen atoms in total. The molecule has 0 fully saturated rings. The van der Waals surface area contributed by atoms with Gasteiger partial charge in [0.1, 0.15) is 0 Å². The molecule has 0 bridgehead atoms. The van der Waals surface area contributed by atoms with Crippen LogP contribution in [0.1, 0.15) is 0 Å². The standard InChI is InChI=1S/C3H5.Mo.H3O2PS2/c1-3-2;;1-3(2,4)5/h3H,1-2H2;;(H3,1,2,4,5)/q-1;+4;/p-3. The van der Waals surface area contributed by atoms with Crippen LogP contribution in [0.15, 0.2) is 12.7 Å². The summed E-state index contributed by atoms with van der Waals surface area (Å²) in [6, 6.07) is 0. The van der Waals surface area contributed by atoms with E-state index in [0.29, 0.717) is 0 Å². The van der Waals surface area contributed by atoms with Gasteiger partial charge in [0.05, 0.1) is 0 Å². The Kier molecular flexibility index (Phi) is 17.1. The predicted molar refractivity (Wildman–Crippen MR) is 37.2 cm³/mol. The molecule has 0 aliphatic heterocycles. The summed E-state index contributed by atoms with van der Waals surface area (Å²) in [5, 5.41) is 0. The van der Waals surface area contributed by atoms with Crippen LogP contribution in [0.2, 0.25) is 0 Å². The molecule has 0 saturated heterocycles. The fourth-order valence-electron chi connectivity index (χ4n) is 0. The Morgan fingerprint density at radius 1 is 1.67 bits per heavy atom. The van der Waals surface area contributed by atoms with Crippen molar-refractivity contribution in [1.29, 1.82) is 0 Å². The summed E-state index contributed by atoms with van der Waals surface area (Å²) < 4.78 is 0. The topological polar surface area (TPSA) is 46.1 Å². The van der Waals surface area contributed by atoms with Crippen LogP contribution < -0.4 is 9.79 Å². The van der Waals surface area contributed by atoms with E-state index in [-0.39, 0.29) is 21.1 Å². The zero-order valence-electron chi connectivity index (χ0n) is 4.48. The summed E-state index contributed by atoms with van der Waals surface area (Å²) in [7, 11) is 0. The largest absolute Gasteiger partial charge is 4.00 e. The molecule has 0 spiro atoms. The second-order valence-electron chi connectivity index (χ2n) is 0.736. The number of allylic oxidation sites excluding steroid dienone is 1. The average Bonchev–Trinajstić information content (AvgIpc) is 1.27. The van der Waals surface area contributed by atoms with E-state index in [9.17, 15) is 9.79 Å². The second kappa shape index (κ2) is 9.22. The SMILES string of the molecule is C=C[CH2-].[Mo+4].[O-]P([O-])(=S)[S-]. The molecule has 0 unspecified atom stereocenters. The Bertz CT molecular complexity index is 93.7. The van der Waals surface area contributed by atoms with Crippen molar-refractivity contribution in [2.24, 2.45) is 0 Å². The maximum Gasteiger partial charge on any atom is 4.00 e. The van der Waals surface area contributed by atoms with Crippen LogP contribution in [0.25, 0.3) is 0 Å². The Balaban J connectivity index is -0.0000000800. The third kappa shape index (κ3) is 324. The molecule has 9 heavy (non-hydrogen) atoms. The van der Waals surface area contributed by atoms with Gasteiger partial charge in [-0.05, 0) is 0 Å². The van der Waals surface area contributed by atoms with Crippen molar-refractivity contribution in [2.75, 3.05) is 0 Å². The average molecular weight is 264 g/mol. The molecule has 0 aromatic heterocycles. The molecular formula is C3H5MoO2PS2. The van der Waals surface area contributed by atoms with Gasteiger partial charge < -0.3 is 27.7 Å². The van der Waals surface area contributed by atoms with E-state index >= 15 is 0 Å². The zero-order valence-corrected chi connectivity index (χ0v) is 9.01. The molecule has 0 aliphatic carbocycles. The van der Waals surface area contributed by atoms with Gasteiger partial charge in [0.15, 0.2) is 0 Å². The van der Waals surface area contributed by atoms with Gasteiger partial charge in [-0.15, -0.1) is 0 Å².